The van der Waals surface area contributed by atoms with Crippen molar-refractivity contribution >= 4 is 28.3 Å². The topological polar surface area (TPSA) is 65.4 Å². The number of para-hydroxylation sites is 4. The number of hydrogen-bond acceptors (Lipinski definition) is 5. The number of rotatable bonds is 9. The van der Waals surface area contributed by atoms with E-state index in [2.05, 4.69) is 9.88 Å². The van der Waals surface area contributed by atoms with Gasteiger partial charge in [-0.15, -0.1) is 11.3 Å². The van der Waals surface area contributed by atoms with Gasteiger partial charge in [0.2, 0.25) is 0 Å². The van der Waals surface area contributed by atoms with E-state index in [0.717, 1.165) is 28.4 Å². The van der Waals surface area contributed by atoms with Gasteiger partial charge < -0.3 is 19.4 Å². The summed E-state index contributed by atoms with van der Waals surface area (Å²) in [5, 5.41) is 4.96. The minimum absolute atomic E-state index is 0.0944. The first-order chi connectivity index (χ1) is 15.2. The van der Waals surface area contributed by atoms with Crippen LogP contribution in [0, 0.1) is 0 Å². The lowest BCUT2D eigenvalue weighted by Crippen LogP contribution is -2.28. The molecule has 4 aromatic rings. The molecule has 160 valence electrons. The van der Waals surface area contributed by atoms with Gasteiger partial charge in [-0.2, -0.15) is 0 Å². The van der Waals surface area contributed by atoms with Crippen LogP contribution in [0.3, 0.4) is 0 Å². The second kappa shape index (κ2) is 9.66. The lowest BCUT2D eigenvalue weighted by molar-refractivity contribution is 0.0941. The Morgan fingerprint density at radius 2 is 1.81 bits per heavy atom. The van der Waals surface area contributed by atoms with Crippen molar-refractivity contribution in [3.63, 3.8) is 0 Å². The van der Waals surface area contributed by atoms with Gasteiger partial charge in [0, 0.05) is 0 Å². The zero-order chi connectivity index (χ0) is 21.6. The van der Waals surface area contributed by atoms with Crippen LogP contribution in [0.4, 0.5) is 0 Å². The van der Waals surface area contributed by atoms with Crippen molar-refractivity contribution in [3.8, 4) is 11.5 Å². The van der Waals surface area contributed by atoms with E-state index in [-0.39, 0.29) is 11.9 Å². The fourth-order valence-corrected chi connectivity index (χ4v) is 4.12. The molecule has 2 aromatic heterocycles. The molecule has 0 radical (unpaired) electrons. The number of thiophene rings is 1. The fraction of sp³-hybridized carbons (Fsp3) is 0.250. The molecule has 4 rings (SSSR count). The Morgan fingerprint density at radius 3 is 2.55 bits per heavy atom. The van der Waals surface area contributed by atoms with Crippen LogP contribution in [0.1, 0.15) is 35.4 Å². The molecule has 0 aliphatic rings. The van der Waals surface area contributed by atoms with Crippen molar-refractivity contribution in [2.24, 2.45) is 0 Å². The first kappa shape index (κ1) is 20.9. The SMILES string of the molecule is CCOc1ccccc1OCCn1c(C(C)NC(=O)c2cccs2)nc2ccccc21. The summed E-state index contributed by atoms with van der Waals surface area (Å²) in [7, 11) is 0. The normalized spacial score (nSPS) is 11.9. The van der Waals surface area contributed by atoms with Crippen molar-refractivity contribution in [2.75, 3.05) is 13.2 Å². The summed E-state index contributed by atoms with van der Waals surface area (Å²) in [5.41, 5.74) is 1.90. The number of nitrogens with one attached hydrogen (secondary N) is 1. The van der Waals surface area contributed by atoms with Gasteiger partial charge >= 0.3 is 0 Å². The number of carbonyl (C=O) groups is 1. The molecule has 1 atom stereocenters. The van der Waals surface area contributed by atoms with Crippen LogP contribution in [0.5, 0.6) is 11.5 Å². The summed E-state index contributed by atoms with van der Waals surface area (Å²) in [6.45, 7) is 5.53. The first-order valence-electron chi connectivity index (χ1n) is 10.3. The Kier molecular flexibility index (Phi) is 6.52. The minimum Gasteiger partial charge on any atom is -0.490 e. The van der Waals surface area contributed by atoms with E-state index in [4.69, 9.17) is 14.5 Å². The van der Waals surface area contributed by atoms with Crippen LogP contribution in [0.2, 0.25) is 0 Å². The molecular formula is C24H25N3O3S. The number of nitrogens with zero attached hydrogens (tertiary/aromatic N) is 2. The van der Waals surface area contributed by atoms with Gasteiger partial charge in [-0.1, -0.05) is 30.3 Å². The van der Waals surface area contributed by atoms with Crippen molar-refractivity contribution < 1.29 is 14.3 Å². The highest BCUT2D eigenvalue weighted by molar-refractivity contribution is 7.12. The molecule has 1 amide bonds. The Bertz CT molecular complexity index is 1150. The van der Waals surface area contributed by atoms with Crippen molar-refractivity contribution in [3.05, 3.63) is 76.7 Å². The number of aromatic nitrogens is 2. The molecule has 0 saturated carbocycles. The molecule has 6 nitrogen and oxygen atoms in total. The van der Waals surface area contributed by atoms with Crippen LogP contribution >= 0.6 is 11.3 Å². The van der Waals surface area contributed by atoms with Gasteiger partial charge in [-0.3, -0.25) is 4.79 Å². The van der Waals surface area contributed by atoms with Gasteiger partial charge in [0.25, 0.3) is 5.91 Å². The summed E-state index contributed by atoms with van der Waals surface area (Å²) in [5.74, 6) is 2.16. The molecule has 0 fully saturated rings. The lowest BCUT2D eigenvalue weighted by atomic mass is 10.3. The summed E-state index contributed by atoms with van der Waals surface area (Å²) >= 11 is 1.42. The predicted octanol–water partition coefficient (Wildman–Crippen LogP) is 5.07. The van der Waals surface area contributed by atoms with Crippen molar-refractivity contribution in [1.82, 2.24) is 14.9 Å². The smallest absolute Gasteiger partial charge is 0.261 e. The largest absolute Gasteiger partial charge is 0.490 e. The van der Waals surface area contributed by atoms with Crippen LogP contribution in [0.15, 0.2) is 66.0 Å². The second-order valence-corrected chi connectivity index (χ2v) is 7.96. The average Bonchev–Trinajstić information content (AvgIpc) is 3.44. The Hall–Kier alpha value is -3.32. The Balaban J connectivity index is 1.53. The molecule has 0 bridgehead atoms. The molecular weight excluding hydrogens is 410 g/mol. The molecule has 31 heavy (non-hydrogen) atoms. The van der Waals surface area contributed by atoms with Gasteiger partial charge in [0.1, 0.15) is 12.4 Å². The van der Waals surface area contributed by atoms with E-state index in [1.807, 2.05) is 79.9 Å². The summed E-state index contributed by atoms with van der Waals surface area (Å²) in [4.78, 5) is 18.0. The van der Waals surface area contributed by atoms with Crippen molar-refractivity contribution in [1.29, 1.82) is 0 Å². The molecule has 2 heterocycles. The third-order valence-corrected chi connectivity index (χ3v) is 5.75. The highest BCUT2D eigenvalue weighted by atomic mass is 32.1. The maximum absolute atomic E-state index is 12.5. The number of imidazole rings is 1. The summed E-state index contributed by atoms with van der Waals surface area (Å²) < 4.78 is 13.8. The lowest BCUT2D eigenvalue weighted by Gasteiger charge is -2.17. The maximum atomic E-state index is 12.5. The highest BCUT2D eigenvalue weighted by Crippen LogP contribution is 2.27. The van der Waals surface area contributed by atoms with Crippen LogP contribution in [0.25, 0.3) is 11.0 Å². The summed E-state index contributed by atoms with van der Waals surface area (Å²) in [6, 6.07) is 19.1. The zero-order valence-corrected chi connectivity index (χ0v) is 18.4. The van der Waals surface area contributed by atoms with Gasteiger partial charge in [-0.25, -0.2) is 4.98 Å². The summed E-state index contributed by atoms with van der Waals surface area (Å²) in [6.07, 6.45) is 0. The van der Waals surface area contributed by atoms with E-state index in [1.54, 1.807) is 0 Å². The Morgan fingerprint density at radius 1 is 1.06 bits per heavy atom. The van der Waals surface area contributed by atoms with Gasteiger partial charge in [-0.05, 0) is 49.6 Å². The minimum atomic E-state index is -0.252. The van der Waals surface area contributed by atoms with Crippen LogP contribution in [-0.4, -0.2) is 28.7 Å². The van der Waals surface area contributed by atoms with E-state index in [0.29, 0.717) is 24.6 Å². The average molecular weight is 436 g/mol. The second-order valence-electron chi connectivity index (χ2n) is 7.01. The third kappa shape index (κ3) is 4.72. The number of ether oxygens (including phenoxy) is 2. The molecule has 1 unspecified atom stereocenters. The number of carbonyl (C=O) groups excluding carboxylic acids is 1. The standard InChI is InChI=1S/C24H25N3O3S/c1-3-29-20-11-6-7-12-21(20)30-15-14-27-19-10-5-4-9-18(19)26-23(27)17(2)25-24(28)22-13-8-16-31-22/h4-13,16-17H,3,14-15H2,1-2H3,(H,25,28). The van der Waals surface area contributed by atoms with Gasteiger partial charge in [0.15, 0.2) is 11.5 Å². The van der Waals surface area contributed by atoms with E-state index >= 15 is 0 Å². The number of benzene rings is 2. The quantitative estimate of drug-likeness (QED) is 0.399. The molecule has 1 N–H and O–H groups in total. The predicted molar refractivity (Wildman–Crippen MR) is 123 cm³/mol. The van der Waals surface area contributed by atoms with Crippen LogP contribution < -0.4 is 14.8 Å². The van der Waals surface area contributed by atoms with E-state index in [1.165, 1.54) is 11.3 Å². The molecule has 0 aliphatic carbocycles. The van der Waals surface area contributed by atoms with Gasteiger partial charge in [0.05, 0.1) is 35.1 Å². The molecule has 0 spiro atoms. The maximum Gasteiger partial charge on any atom is 0.261 e. The fourth-order valence-electron chi connectivity index (χ4n) is 3.49. The number of fused-ring (bicyclic) bond motifs is 1. The zero-order valence-electron chi connectivity index (χ0n) is 17.6. The number of amides is 1. The first-order valence-corrected chi connectivity index (χ1v) is 11.2. The third-order valence-electron chi connectivity index (χ3n) is 4.89. The van der Waals surface area contributed by atoms with Crippen molar-refractivity contribution in [2.45, 2.75) is 26.4 Å². The van der Waals surface area contributed by atoms with E-state index < -0.39 is 0 Å². The molecule has 2 aromatic carbocycles. The molecule has 7 heteroatoms. The number of hydrogen-bond donors (Lipinski definition) is 1. The van der Waals surface area contributed by atoms with E-state index in [9.17, 15) is 4.79 Å². The molecule has 0 aliphatic heterocycles. The Labute approximate surface area is 185 Å². The van der Waals surface area contributed by atoms with Crippen LogP contribution in [-0.2, 0) is 6.54 Å². The monoisotopic (exact) mass is 435 g/mol. The highest BCUT2D eigenvalue weighted by Gasteiger charge is 2.19. The molecule has 0 saturated heterocycles.